The molecule has 0 amide bonds. The second kappa shape index (κ2) is 8.03. The maximum Gasteiger partial charge on any atom is 0.464 e. The Balaban J connectivity index is 2.51. The number of epoxide rings is 1. The molecule has 1 aliphatic rings. The highest BCUT2D eigenvalue weighted by Gasteiger charge is 2.69. The summed E-state index contributed by atoms with van der Waals surface area (Å²) in [5.74, 6) is 0. The maximum atomic E-state index is 13.0. The van der Waals surface area contributed by atoms with E-state index in [0.717, 1.165) is 0 Å². The molecule has 0 bridgehead atoms. The lowest BCUT2D eigenvalue weighted by atomic mass is 10.3. The fourth-order valence-corrected chi connectivity index (χ4v) is 1.87. The lowest BCUT2D eigenvalue weighted by Crippen LogP contribution is -2.47. The van der Waals surface area contributed by atoms with E-state index in [1.54, 1.807) is 0 Å². The Morgan fingerprint density at radius 3 is 1.74 bits per heavy atom. The summed E-state index contributed by atoms with van der Waals surface area (Å²) >= 11 is -1.47. The number of hydrogen-bond donors (Lipinski definition) is 0. The molecule has 2 unspecified atom stereocenters. The van der Waals surface area contributed by atoms with Crippen LogP contribution in [-0.4, -0.2) is 56.6 Å². The van der Waals surface area contributed by atoms with Crippen LogP contribution >= 0.6 is 12.0 Å². The van der Waals surface area contributed by atoms with E-state index in [-0.39, 0.29) is 0 Å². The zero-order valence-electron chi connectivity index (χ0n) is 12.0. The number of hydrogen-bond acceptors (Lipinski definition) is 8. The van der Waals surface area contributed by atoms with Crippen molar-refractivity contribution < 1.29 is 75.6 Å². The van der Waals surface area contributed by atoms with Crippen LogP contribution in [0, 0.1) is 0 Å². The highest BCUT2D eigenvalue weighted by atomic mass is 32.3. The molecule has 2 atom stereocenters. The average Bonchev–Trinajstić information content (AvgIpc) is 3.26. The van der Waals surface area contributed by atoms with Crippen LogP contribution in [0.5, 0.6) is 0 Å². The topological polar surface area (TPSA) is 83.6 Å². The number of ether oxygens (including phenoxy) is 3. The zero-order valence-corrected chi connectivity index (χ0v) is 13.7. The van der Waals surface area contributed by atoms with E-state index in [0.29, 0.717) is 0 Å². The minimum absolute atomic E-state index is 1.41. The van der Waals surface area contributed by atoms with Gasteiger partial charge in [-0.3, -0.25) is 0 Å². The van der Waals surface area contributed by atoms with Crippen LogP contribution in [0.25, 0.3) is 0 Å². The van der Waals surface area contributed by atoms with Gasteiger partial charge in [0.05, 0.1) is 13.2 Å². The van der Waals surface area contributed by atoms with Gasteiger partial charge in [-0.15, -0.1) is 4.33 Å². The van der Waals surface area contributed by atoms with Crippen molar-refractivity contribution in [3.05, 3.63) is 0 Å². The molecular formula is C8H6F10O7S2. The van der Waals surface area contributed by atoms with E-state index in [1.165, 1.54) is 0 Å². The summed E-state index contributed by atoms with van der Waals surface area (Å²) in [7, 11) is -7.06. The quantitative estimate of drug-likeness (QED) is 0.108. The first-order chi connectivity index (χ1) is 12.0. The van der Waals surface area contributed by atoms with Crippen LogP contribution in [-0.2, 0) is 33.9 Å². The molecule has 27 heavy (non-hydrogen) atoms. The first-order valence-electron chi connectivity index (χ1n) is 6.00. The first-order valence-corrected chi connectivity index (χ1v) is 8.13. The molecule has 0 aromatic carbocycles. The third-order valence-corrected chi connectivity index (χ3v) is 4.11. The molecule has 0 N–H and O–H groups in total. The highest BCUT2D eigenvalue weighted by Crippen LogP contribution is 2.45. The molecule has 162 valence electrons. The predicted octanol–water partition coefficient (Wildman–Crippen LogP) is 2.94. The van der Waals surface area contributed by atoms with Crippen LogP contribution in [0.2, 0.25) is 0 Å². The summed E-state index contributed by atoms with van der Waals surface area (Å²) in [6.07, 6.45) is -14.4. The van der Waals surface area contributed by atoms with Crippen LogP contribution in [0.4, 0.5) is 43.5 Å². The normalized spacial score (nSPS) is 22.1. The molecule has 1 aliphatic heterocycles. The van der Waals surface area contributed by atoms with E-state index in [1.807, 2.05) is 0 Å². The molecule has 1 fully saturated rings. The van der Waals surface area contributed by atoms with Crippen molar-refractivity contribution in [2.45, 2.75) is 34.9 Å². The summed E-state index contributed by atoms with van der Waals surface area (Å²) < 4.78 is 160. The van der Waals surface area contributed by atoms with Crippen molar-refractivity contribution in [3.63, 3.8) is 0 Å². The molecule has 1 saturated heterocycles. The fourth-order valence-electron chi connectivity index (χ4n) is 1.26. The van der Waals surface area contributed by atoms with E-state index in [9.17, 15) is 52.0 Å². The Morgan fingerprint density at radius 1 is 0.889 bits per heavy atom. The Hall–Kier alpha value is -0.600. The van der Waals surface area contributed by atoms with Crippen molar-refractivity contribution in [3.8, 4) is 0 Å². The van der Waals surface area contributed by atoms with Crippen molar-refractivity contribution in [1.82, 2.24) is 0 Å². The van der Waals surface area contributed by atoms with Crippen molar-refractivity contribution in [2.75, 3.05) is 13.2 Å². The van der Waals surface area contributed by atoms with Crippen LogP contribution in [0.15, 0.2) is 0 Å². The summed E-state index contributed by atoms with van der Waals surface area (Å²) in [6, 6.07) is 0. The molecule has 0 aromatic heterocycles. The van der Waals surface area contributed by atoms with Crippen molar-refractivity contribution in [1.29, 1.82) is 0 Å². The van der Waals surface area contributed by atoms with E-state index in [2.05, 4.69) is 23.6 Å². The fraction of sp³-hybridized carbons (Fsp3) is 1.00. The van der Waals surface area contributed by atoms with Gasteiger partial charge in [-0.05, 0) is 9.62 Å². The van der Waals surface area contributed by atoms with Gasteiger partial charge in [0.1, 0.15) is 24.3 Å². The lowest BCUT2D eigenvalue weighted by molar-refractivity contribution is -0.368. The van der Waals surface area contributed by atoms with Gasteiger partial charge in [0.15, 0.2) is 0 Å². The second-order valence-corrected chi connectivity index (χ2v) is 6.76. The van der Waals surface area contributed by atoms with Crippen LogP contribution in [0.1, 0.15) is 0 Å². The van der Waals surface area contributed by atoms with Crippen LogP contribution in [0.3, 0.4) is 0 Å². The minimum atomic E-state index is -7.06. The smallest absolute Gasteiger partial charge is 0.365 e. The number of rotatable bonds is 12. The third-order valence-electron chi connectivity index (χ3n) is 2.69. The van der Waals surface area contributed by atoms with Crippen molar-refractivity contribution >= 4 is 22.3 Å². The molecular weight excluding hydrogens is 462 g/mol. The average molecular weight is 468 g/mol. The first kappa shape index (κ1) is 24.4. The van der Waals surface area contributed by atoms with Crippen LogP contribution < -0.4 is 0 Å². The SMILES string of the molecule is O=S(=O)(F)C(F)(F)C(F)(F)OCC1OC1COC(F)(F)C(F)(F)SOOF. The number of halogens is 10. The third kappa shape index (κ3) is 5.70. The van der Waals surface area contributed by atoms with Crippen molar-refractivity contribution in [2.24, 2.45) is 0 Å². The van der Waals surface area contributed by atoms with E-state index in [4.69, 9.17) is 0 Å². The summed E-state index contributed by atoms with van der Waals surface area (Å²) in [6.45, 7) is -2.96. The maximum absolute atomic E-state index is 13.0. The molecule has 0 saturated carbocycles. The monoisotopic (exact) mass is 468 g/mol. The molecule has 1 heterocycles. The predicted molar refractivity (Wildman–Crippen MR) is 61.2 cm³/mol. The molecule has 0 aromatic rings. The summed E-state index contributed by atoms with van der Waals surface area (Å²) in [4.78, 5) is 0. The van der Waals surface area contributed by atoms with Gasteiger partial charge >= 0.3 is 32.9 Å². The Morgan fingerprint density at radius 2 is 1.33 bits per heavy atom. The van der Waals surface area contributed by atoms with Gasteiger partial charge in [0.25, 0.3) is 0 Å². The highest BCUT2D eigenvalue weighted by molar-refractivity contribution is 7.95. The lowest BCUT2D eigenvalue weighted by Gasteiger charge is -2.23. The standard InChI is InChI=1S/C8H6F10O7S2/c9-5(10,7(13,14)26-25-24-17)21-1-3-4(23-3)2-22-6(11,12)8(15,16)27(18,19)20/h3-4H,1-2H2. The summed E-state index contributed by atoms with van der Waals surface area (Å²) in [5.41, 5.74) is 0. The Bertz CT molecular complexity index is 615. The van der Waals surface area contributed by atoms with Gasteiger partial charge in [0.2, 0.25) is 0 Å². The van der Waals surface area contributed by atoms with Gasteiger partial charge in [-0.1, -0.05) is 3.89 Å². The van der Waals surface area contributed by atoms with Gasteiger partial charge in [0, 0.05) is 0 Å². The molecule has 0 radical (unpaired) electrons. The van der Waals surface area contributed by atoms with E-state index < -0.39 is 70.4 Å². The summed E-state index contributed by atoms with van der Waals surface area (Å²) in [5, 5.41) is -9.24. The molecule has 0 aliphatic carbocycles. The molecule has 7 nitrogen and oxygen atoms in total. The van der Waals surface area contributed by atoms with Gasteiger partial charge < -0.3 is 14.2 Å². The Kier molecular flexibility index (Phi) is 7.27. The molecule has 0 spiro atoms. The molecule has 19 heteroatoms. The second-order valence-electron chi connectivity index (χ2n) is 4.55. The number of alkyl halides is 8. The minimum Gasteiger partial charge on any atom is -0.365 e. The molecule has 1 rings (SSSR count). The largest absolute Gasteiger partial charge is 0.464 e. The van der Waals surface area contributed by atoms with E-state index >= 15 is 0 Å². The zero-order chi connectivity index (χ0) is 21.3. The Labute approximate surface area is 147 Å². The van der Waals surface area contributed by atoms with Gasteiger partial charge in [-0.25, -0.2) is 0 Å². The van der Waals surface area contributed by atoms with Gasteiger partial charge in [-0.2, -0.15) is 43.5 Å².